The molecule has 8 nitrogen and oxygen atoms in total. The van der Waals surface area contributed by atoms with Gasteiger partial charge in [0.05, 0.1) is 6.10 Å². The van der Waals surface area contributed by atoms with Crippen molar-refractivity contribution in [3.63, 3.8) is 0 Å². The number of ether oxygens (including phenoxy) is 1. The summed E-state index contributed by atoms with van der Waals surface area (Å²) in [5.41, 5.74) is 0.740. The van der Waals surface area contributed by atoms with E-state index >= 15 is 0 Å². The van der Waals surface area contributed by atoms with Gasteiger partial charge in [0.1, 0.15) is 5.75 Å². The third kappa shape index (κ3) is 3.63. The molecule has 1 aromatic carbocycles. The summed E-state index contributed by atoms with van der Waals surface area (Å²) < 4.78 is 41.3. The summed E-state index contributed by atoms with van der Waals surface area (Å²) in [6, 6.07) is 10.1. The third-order valence-corrected chi connectivity index (χ3v) is 5.13. The molecule has 2 aromatic heterocycles. The molecular weight excluding hydrogens is 358 g/mol. The average Bonchev–Trinajstić information content (AvgIpc) is 3.24. The van der Waals surface area contributed by atoms with Gasteiger partial charge in [-0.25, -0.2) is 12.7 Å². The molecule has 3 rings (SSSR count). The van der Waals surface area contributed by atoms with Crippen molar-refractivity contribution in [1.82, 2.24) is 14.4 Å². The number of furan rings is 1. The number of benzene rings is 1. The third-order valence-electron chi connectivity index (χ3n) is 3.44. The zero-order chi connectivity index (χ0) is 18.9. The van der Waals surface area contributed by atoms with Crippen molar-refractivity contribution in [2.24, 2.45) is 0 Å². The van der Waals surface area contributed by atoms with E-state index in [4.69, 9.17) is 13.7 Å². The second kappa shape index (κ2) is 6.93. The van der Waals surface area contributed by atoms with E-state index in [1.54, 1.807) is 0 Å². The molecule has 0 bridgehead atoms. The Labute approximate surface area is 151 Å². The van der Waals surface area contributed by atoms with Crippen LogP contribution in [0.25, 0.3) is 23.0 Å². The first kappa shape index (κ1) is 18.2. The Kier molecular flexibility index (Phi) is 4.84. The second-order valence-corrected chi connectivity index (χ2v) is 8.10. The first-order valence-corrected chi connectivity index (χ1v) is 9.35. The van der Waals surface area contributed by atoms with Crippen LogP contribution in [-0.4, -0.2) is 43.1 Å². The van der Waals surface area contributed by atoms with Crippen molar-refractivity contribution in [3.05, 3.63) is 36.4 Å². The van der Waals surface area contributed by atoms with E-state index in [1.807, 2.05) is 38.1 Å². The molecule has 0 saturated carbocycles. The van der Waals surface area contributed by atoms with E-state index in [0.717, 1.165) is 15.6 Å². The minimum absolute atomic E-state index is 0.0872. The fourth-order valence-corrected chi connectivity index (χ4v) is 2.94. The molecule has 3 aromatic rings. The molecule has 0 radical (unpaired) electrons. The first-order chi connectivity index (χ1) is 12.3. The molecule has 0 spiro atoms. The maximum Gasteiger partial charge on any atom is 0.293 e. The van der Waals surface area contributed by atoms with Crippen molar-refractivity contribution in [3.8, 4) is 28.8 Å². The van der Waals surface area contributed by atoms with Crippen molar-refractivity contribution in [2.75, 3.05) is 14.1 Å². The smallest absolute Gasteiger partial charge is 0.293 e. The lowest BCUT2D eigenvalue weighted by Gasteiger charge is -2.09. The molecule has 0 unspecified atom stereocenters. The number of hydrogen-bond acceptors (Lipinski definition) is 7. The molecule has 0 fully saturated rings. The van der Waals surface area contributed by atoms with Crippen LogP contribution in [0.15, 0.2) is 50.4 Å². The van der Waals surface area contributed by atoms with Crippen LogP contribution in [0.3, 0.4) is 0 Å². The number of nitrogens with zero attached hydrogens (tertiary/aromatic N) is 3. The van der Waals surface area contributed by atoms with Gasteiger partial charge in [-0.1, -0.05) is 5.16 Å². The van der Waals surface area contributed by atoms with E-state index in [1.165, 1.54) is 26.2 Å². The Morgan fingerprint density at radius 2 is 1.77 bits per heavy atom. The quantitative estimate of drug-likeness (QED) is 0.651. The zero-order valence-corrected chi connectivity index (χ0v) is 15.6. The minimum atomic E-state index is -3.66. The number of rotatable bonds is 6. The largest absolute Gasteiger partial charge is 0.491 e. The normalized spacial score (nSPS) is 12.1. The van der Waals surface area contributed by atoms with Crippen molar-refractivity contribution >= 4 is 10.0 Å². The van der Waals surface area contributed by atoms with Crippen LogP contribution in [0.5, 0.6) is 5.75 Å². The van der Waals surface area contributed by atoms with Crippen LogP contribution in [-0.2, 0) is 10.0 Å². The molecule has 0 N–H and O–H groups in total. The van der Waals surface area contributed by atoms with Gasteiger partial charge in [-0.3, -0.25) is 0 Å². The summed E-state index contributed by atoms with van der Waals surface area (Å²) in [4.78, 5) is 4.26. The van der Waals surface area contributed by atoms with Crippen LogP contribution in [0.4, 0.5) is 0 Å². The van der Waals surface area contributed by atoms with Gasteiger partial charge in [0.15, 0.2) is 5.76 Å². The molecule has 2 heterocycles. The number of aromatic nitrogens is 2. The summed E-state index contributed by atoms with van der Waals surface area (Å²) >= 11 is 0. The molecule has 0 saturated heterocycles. The Bertz CT molecular complexity index is 988. The molecule has 138 valence electrons. The van der Waals surface area contributed by atoms with Crippen LogP contribution >= 0.6 is 0 Å². The Balaban J connectivity index is 1.83. The van der Waals surface area contributed by atoms with E-state index < -0.39 is 10.0 Å². The van der Waals surface area contributed by atoms with Gasteiger partial charge in [0.25, 0.3) is 15.9 Å². The second-order valence-electron chi connectivity index (χ2n) is 6.02. The van der Waals surface area contributed by atoms with Crippen LogP contribution in [0, 0.1) is 0 Å². The predicted octanol–water partition coefficient (Wildman–Crippen LogP) is 3.03. The number of hydrogen-bond donors (Lipinski definition) is 0. The van der Waals surface area contributed by atoms with Crippen LogP contribution in [0.1, 0.15) is 13.8 Å². The lowest BCUT2D eigenvalue weighted by Crippen LogP contribution is -2.21. The van der Waals surface area contributed by atoms with Crippen molar-refractivity contribution < 1.29 is 22.1 Å². The lowest BCUT2D eigenvalue weighted by atomic mass is 10.2. The zero-order valence-electron chi connectivity index (χ0n) is 14.8. The summed E-state index contributed by atoms with van der Waals surface area (Å²) in [6.07, 6.45) is 0.0872. The van der Waals surface area contributed by atoms with Gasteiger partial charge >= 0.3 is 0 Å². The molecule has 0 aliphatic heterocycles. The lowest BCUT2D eigenvalue weighted by molar-refractivity contribution is 0.242. The van der Waals surface area contributed by atoms with Gasteiger partial charge in [-0.2, -0.15) is 4.98 Å². The SMILES string of the molecule is CC(C)Oc1ccc(-c2noc(-c3ccc(S(=O)(=O)N(C)C)o3)n2)cc1. The topological polar surface area (TPSA) is 98.7 Å². The van der Waals surface area contributed by atoms with Crippen molar-refractivity contribution in [1.29, 1.82) is 0 Å². The van der Waals surface area contributed by atoms with E-state index in [9.17, 15) is 8.42 Å². The minimum Gasteiger partial charge on any atom is -0.491 e. The summed E-state index contributed by atoms with van der Waals surface area (Å²) in [5.74, 6) is 1.40. The van der Waals surface area contributed by atoms with Gasteiger partial charge in [-0.05, 0) is 50.2 Å². The van der Waals surface area contributed by atoms with Gasteiger partial charge in [-0.15, -0.1) is 0 Å². The van der Waals surface area contributed by atoms with Crippen LogP contribution in [0.2, 0.25) is 0 Å². The standard InChI is InChI=1S/C17H19N3O5S/c1-11(2)23-13-7-5-12(6-8-13)16-18-17(25-19-16)14-9-10-15(24-14)26(21,22)20(3)4/h5-11H,1-4H3. The maximum atomic E-state index is 12.1. The molecule has 0 aliphatic carbocycles. The van der Waals surface area contributed by atoms with Crippen LogP contribution < -0.4 is 4.74 Å². The maximum absolute atomic E-state index is 12.1. The average molecular weight is 377 g/mol. The van der Waals surface area contributed by atoms with E-state index in [0.29, 0.717) is 5.82 Å². The Morgan fingerprint density at radius 3 is 2.38 bits per heavy atom. The van der Waals surface area contributed by atoms with Gasteiger partial charge < -0.3 is 13.7 Å². The summed E-state index contributed by atoms with van der Waals surface area (Å²) in [7, 11) is -0.810. The molecular formula is C17H19N3O5S. The molecule has 0 atom stereocenters. The predicted molar refractivity (Wildman–Crippen MR) is 94.1 cm³/mol. The Morgan fingerprint density at radius 1 is 1.08 bits per heavy atom. The highest BCUT2D eigenvalue weighted by Crippen LogP contribution is 2.27. The monoisotopic (exact) mass is 377 g/mol. The van der Waals surface area contributed by atoms with E-state index in [2.05, 4.69) is 10.1 Å². The first-order valence-electron chi connectivity index (χ1n) is 7.91. The highest BCUT2D eigenvalue weighted by atomic mass is 32.2. The highest BCUT2D eigenvalue weighted by molar-refractivity contribution is 7.88. The van der Waals surface area contributed by atoms with Crippen molar-refractivity contribution in [2.45, 2.75) is 25.0 Å². The fourth-order valence-electron chi connectivity index (χ4n) is 2.15. The fraction of sp³-hybridized carbons (Fsp3) is 0.294. The molecule has 26 heavy (non-hydrogen) atoms. The molecule has 0 amide bonds. The summed E-state index contributed by atoms with van der Waals surface area (Å²) in [5, 5.41) is 3.73. The molecule has 9 heteroatoms. The van der Waals surface area contributed by atoms with Gasteiger partial charge in [0, 0.05) is 19.7 Å². The highest BCUT2D eigenvalue weighted by Gasteiger charge is 2.23. The van der Waals surface area contributed by atoms with Gasteiger partial charge in [0.2, 0.25) is 10.9 Å². The van der Waals surface area contributed by atoms with E-state index in [-0.39, 0.29) is 22.8 Å². The summed E-state index contributed by atoms with van der Waals surface area (Å²) in [6.45, 7) is 3.90. The Hall–Kier alpha value is -2.65. The molecule has 0 aliphatic rings. The number of sulfonamides is 1.